The van der Waals surface area contributed by atoms with E-state index in [9.17, 15) is 9.59 Å². The first-order chi connectivity index (χ1) is 13.0. The Balaban J connectivity index is 1.94. The number of amides is 1. The van der Waals surface area contributed by atoms with Crippen molar-refractivity contribution in [3.05, 3.63) is 46.6 Å². The highest BCUT2D eigenvalue weighted by Crippen LogP contribution is 2.27. The number of hydrogen-bond acceptors (Lipinski definition) is 7. The molecule has 1 fully saturated rings. The van der Waals surface area contributed by atoms with Gasteiger partial charge in [-0.2, -0.15) is 5.26 Å². The summed E-state index contributed by atoms with van der Waals surface area (Å²) >= 11 is 0. The second-order valence-electron chi connectivity index (χ2n) is 6.32. The average Bonchev–Trinajstić information content (AvgIpc) is 3.24. The third kappa shape index (κ3) is 2.56. The van der Waals surface area contributed by atoms with Crippen LogP contribution in [0.1, 0.15) is 22.8 Å². The Morgan fingerprint density at radius 2 is 2.00 bits per heavy atom. The van der Waals surface area contributed by atoms with E-state index in [1.54, 1.807) is 33.7 Å². The fourth-order valence-corrected chi connectivity index (χ4v) is 3.45. The Labute approximate surface area is 153 Å². The van der Waals surface area contributed by atoms with E-state index in [2.05, 4.69) is 16.2 Å². The monoisotopic (exact) mass is 364 g/mol. The summed E-state index contributed by atoms with van der Waals surface area (Å²) in [5.74, 6) is -0.383. The van der Waals surface area contributed by atoms with Crippen LogP contribution in [0.15, 0.2) is 35.4 Å². The number of nitrogens with zero attached hydrogens (tertiary/aromatic N) is 6. The van der Waals surface area contributed by atoms with Crippen LogP contribution in [0.5, 0.6) is 0 Å². The summed E-state index contributed by atoms with van der Waals surface area (Å²) in [6.45, 7) is 1.01. The lowest BCUT2D eigenvalue weighted by atomic mass is 10.2. The molecule has 4 rings (SSSR count). The van der Waals surface area contributed by atoms with Crippen LogP contribution in [0, 0.1) is 11.5 Å². The molecule has 10 nitrogen and oxygen atoms in total. The third-order valence-electron chi connectivity index (χ3n) is 4.76. The van der Waals surface area contributed by atoms with Gasteiger partial charge in [-0.25, -0.2) is 14.8 Å². The number of primary amides is 1. The summed E-state index contributed by atoms with van der Waals surface area (Å²) in [6, 6.07) is 6.13. The molecule has 4 N–H and O–H groups in total. The minimum Gasteiger partial charge on any atom is -0.382 e. The van der Waals surface area contributed by atoms with Crippen LogP contribution in [-0.4, -0.2) is 43.0 Å². The van der Waals surface area contributed by atoms with Crippen molar-refractivity contribution in [2.45, 2.75) is 12.5 Å². The predicted octanol–water partition coefficient (Wildman–Crippen LogP) is -0.00882. The highest BCUT2D eigenvalue weighted by Gasteiger charge is 2.29. The summed E-state index contributed by atoms with van der Waals surface area (Å²) in [5.41, 5.74) is 12.7. The molecule has 3 heterocycles. The Kier molecular flexibility index (Phi) is 3.77. The smallest absolute Gasteiger partial charge is 0.335 e. The number of carbonyl (C=O) groups excluding carboxylic acids is 1. The number of fused-ring (bicyclic) bond motifs is 1. The van der Waals surface area contributed by atoms with Crippen LogP contribution in [0.4, 0.5) is 5.82 Å². The molecule has 0 aliphatic carbocycles. The van der Waals surface area contributed by atoms with E-state index in [0.29, 0.717) is 41.9 Å². The lowest BCUT2D eigenvalue weighted by molar-refractivity contribution is 0.100. The van der Waals surface area contributed by atoms with Gasteiger partial charge in [0, 0.05) is 18.7 Å². The zero-order valence-electron chi connectivity index (χ0n) is 14.2. The molecule has 3 aromatic rings. The van der Waals surface area contributed by atoms with Crippen molar-refractivity contribution in [1.29, 1.82) is 5.26 Å². The molecule has 1 amide bonds. The number of nitrogens with two attached hydrogens (primary N) is 2. The van der Waals surface area contributed by atoms with E-state index in [-0.39, 0.29) is 17.5 Å². The highest BCUT2D eigenvalue weighted by molar-refractivity contribution is 5.93. The van der Waals surface area contributed by atoms with Gasteiger partial charge >= 0.3 is 5.69 Å². The highest BCUT2D eigenvalue weighted by atomic mass is 16.2. The second kappa shape index (κ2) is 6.14. The number of rotatable bonds is 3. The summed E-state index contributed by atoms with van der Waals surface area (Å²) in [5, 5.41) is 9.11. The number of hydrogen-bond donors (Lipinski definition) is 2. The van der Waals surface area contributed by atoms with Gasteiger partial charge in [0.15, 0.2) is 17.7 Å². The number of nitriles is 1. The van der Waals surface area contributed by atoms with Gasteiger partial charge in [0.25, 0.3) is 0 Å². The first kappa shape index (κ1) is 16.6. The third-order valence-corrected chi connectivity index (χ3v) is 4.76. The molecule has 2 aromatic heterocycles. The van der Waals surface area contributed by atoms with Crippen molar-refractivity contribution in [3.63, 3.8) is 0 Å². The van der Waals surface area contributed by atoms with Gasteiger partial charge in [0.2, 0.25) is 5.91 Å². The molecule has 1 atom stereocenters. The number of anilines is 1. The molecule has 10 heteroatoms. The maximum atomic E-state index is 13.3. The van der Waals surface area contributed by atoms with Crippen molar-refractivity contribution in [3.8, 4) is 11.9 Å². The molecular weight excluding hydrogens is 348 g/mol. The van der Waals surface area contributed by atoms with E-state index in [1.165, 1.54) is 10.9 Å². The van der Waals surface area contributed by atoms with Gasteiger partial charge in [-0.1, -0.05) is 0 Å². The van der Waals surface area contributed by atoms with Crippen molar-refractivity contribution < 1.29 is 4.79 Å². The predicted molar refractivity (Wildman–Crippen MR) is 96.9 cm³/mol. The van der Waals surface area contributed by atoms with Crippen molar-refractivity contribution in [2.75, 3.05) is 18.8 Å². The largest absolute Gasteiger partial charge is 0.382 e. The summed E-state index contributed by atoms with van der Waals surface area (Å²) < 4.78 is 2.98. The fourth-order valence-electron chi connectivity index (χ4n) is 3.45. The van der Waals surface area contributed by atoms with Gasteiger partial charge in [0.1, 0.15) is 11.8 Å². The second-order valence-corrected chi connectivity index (χ2v) is 6.32. The molecule has 1 unspecified atom stereocenters. The topological polar surface area (TPSA) is 149 Å². The van der Waals surface area contributed by atoms with Gasteiger partial charge < -0.3 is 16.4 Å². The lowest BCUT2D eigenvalue weighted by Gasteiger charge is -2.11. The van der Waals surface area contributed by atoms with Crippen LogP contribution in [0.3, 0.4) is 0 Å². The van der Waals surface area contributed by atoms with E-state index in [1.807, 2.05) is 0 Å². The van der Waals surface area contributed by atoms with Gasteiger partial charge in [-0.3, -0.25) is 13.9 Å². The first-order valence-electron chi connectivity index (χ1n) is 8.29. The number of likely N-dealkylation sites (tertiary alicyclic amines) is 1. The van der Waals surface area contributed by atoms with Crippen LogP contribution >= 0.6 is 0 Å². The Hall–Kier alpha value is -3.87. The molecule has 1 aliphatic rings. The molecule has 1 saturated heterocycles. The molecule has 0 bridgehead atoms. The molecular formula is C17H16N8O2. The molecule has 27 heavy (non-hydrogen) atoms. The van der Waals surface area contributed by atoms with E-state index >= 15 is 0 Å². The summed E-state index contributed by atoms with van der Waals surface area (Å²) in [7, 11) is 0. The van der Waals surface area contributed by atoms with Crippen molar-refractivity contribution in [1.82, 2.24) is 24.0 Å². The Bertz CT molecular complexity index is 1140. The normalized spacial score (nSPS) is 16.6. The van der Waals surface area contributed by atoms with E-state index in [4.69, 9.17) is 16.7 Å². The maximum Gasteiger partial charge on any atom is 0.335 e. The molecule has 0 radical (unpaired) electrons. The zero-order valence-corrected chi connectivity index (χ0v) is 14.2. The Morgan fingerprint density at radius 3 is 2.63 bits per heavy atom. The fraction of sp³-hybridized carbons (Fsp3) is 0.235. The standard InChI is InChI=1S/C17H16N8O2/c18-8-23-6-5-12(7-23)25-16-13(14(19)21-9-22-16)24(17(25)27)11-3-1-10(2-4-11)15(20)26/h1-4,9,12H,5-7H2,(H2,20,26)(H2,19,21,22). The molecule has 1 aliphatic heterocycles. The number of carbonyl (C=O) groups is 1. The van der Waals surface area contributed by atoms with E-state index in [0.717, 1.165) is 0 Å². The lowest BCUT2D eigenvalue weighted by Crippen LogP contribution is -2.28. The van der Waals surface area contributed by atoms with Crippen LogP contribution in [-0.2, 0) is 0 Å². The first-order valence-corrected chi connectivity index (χ1v) is 8.29. The van der Waals surface area contributed by atoms with Crippen molar-refractivity contribution in [2.24, 2.45) is 5.73 Å². The van der Waals surface area contributed by atoms with Crippen molar-refractivity contribution >= 4 is 22.9 Å². The number of benzene rings is 1. The summed E-state index contributed by atoms with van der Waals surface area (Å²) in [4.78, 5) is 34.4. The minimum absolute atomic E-state index is 0.171. The molecule has 136 valence electrons. The van der Waals surface area contributed by atoms with Gasteiger partial charge in [-0.05, 0) is 30.7 Å². The molecule has 0 spiro atoms. The average molecular weight is 364 g/mol. The quantitative estimate of drug-likeness (QED) is 0.621. The number of imidazole rings is 1. The molecule has 1 aromatic carbocycles. The van der Waals surface area contributed by atoms with E-state index < -0.39 is 5.91 Å². The molecule has 0 saturated carbocycles. The maximum absolute atomic E-state index is 13.3. The number of nitrogen functional groups attached to an aromatic ring is 1. The zero-order chi connectivity index (χ0) is 19.1. The van der Waals surface area contributed by atoms with Gasteiger partial charge in [-0.15, -0.1) is 0 Å². The Morgan fingerprint density at radius 1 is 1.26 bits per heavy atom. The minimum atomic E-state index is -0.554. The van der Waals surface area contributed by atoms with Gasteiger partial charge in [0.05, 0.1) is 11.7 Å². The van der Waals surface area contributed by atoms with Crippen LogP contribution < -0.4 is 17.2 Å². The number of aromatic nitrogens is 4. The van der Waals surface area contributed by atoms with Crippen LogP contribution in [0.25, 0.3) is 16.9 Å². The summed E-state index contributed by atoms with van der Waals surface area (Å²) in [6.07, 6.45) is 4.07. The van der Waals surface area contributed by atoms with Crippen LogP contribution in [0.2, 0.25) is 0 Å². The SMILES string of the molecule is N#CN1CCC(n2c(=O)n(-c3ccc(C(N)=O)cc3)c3c(N)ncnc32)C1.